The summed E-state index contributed by atoms with van der Waals surface area (Å²) < 4.78 is 27.2. The molecule has 1 amide bonds. The first-order valence-corrected chi connectivity index (χ1v) is 12.9. The van der Waals surface area contributed by atoms with E-state index in [-0.39, 0.29) is 40.7 Å². The zero-order chi connectivity index (χ0) is 23.3. The molecule has 8 nitrogen and oxygen atoms in total. The second-order valence-electron chi connectivity index (χ2n) is 7.95. The number of piperazine rings is 1. The van der Waals surface area contributed by atoms with Crippen molar-refractivity contribution in [3.63, 3.8) is 0 Å². The third-order valence-electron chi connectivity index (χ3n) is 5.34. The van der Waals surface area contributed by atoms with Crippen LogP contribution in [-0.4, -0.2) is 59.9 Å². The highest BCUT2D eigenvalue weighted by Gasteiger charge is 2.34. The van der Waals surface area contributed by atoms with Crippen LogP contribution >= 0.6 is 11.8 Å². The third-order valence-corrected chi connectivity index (χ3v) is 8.84. The highest BCUT2D eigenvalue weighted by atomic mass is 32.2. The molecule has 1 fully saturated rings. The molecule has 0 aromatic heterocycles. The smallest absolute Gasteiger partial charge is 0.270 e. The number of nitrogens with zero attached hydrogens (tertiary/aromatic N) is 3. The Kier molecular flexibility index (Phi) is 7.91. The van der Waals surface area contributed by atoms with Crippen molar-refractivity contribution in [3.8, 4) is 0 Å². The lowest BCUT2D eigenvalue weighted by atomic mass is 10.1. The van der Waals surface area contributed by atoms with Gasteiger partial charge in [0.1, 0.15) is 0 Å². The minimum Gasteiger partial charge on any atom is -0.339 e. The van der Waals surface area contributed by atoms with Gasteiger partial charge in [0.05, 0.1) is 15.1 Å². The van der Waals surface area contributed by atoms with Gasteiger partial charge in [0.2, 0.25) is 15.9 Å². The number of sulfonamides is 1. The summed E-state index contributed by atoms with van der Waals surface area (Å²) in [6.07, 6.45) is 0. The number of hydrogen-bond donors (Lipinski definition) is 0. The average molecular weight is 478 g/mol. The quantitative estimate of drug-likeness (QED) is 0.427. The average Bonchev–Trinajstić information content (AvgIpc) is 2.79. The number of amides is 1. The highest BCUT2D eigenvalue weighted by Crippen LogP contribution is 2.27. The van der Waals surface area contributed by atoms with Crippen molar-refractivity contribution >= 4 is 33.4 Å². The molecule has 1 unspecified atom stereocenters. The summed E-state index contributed by atoms with van der Waals surface area (Å²) in [7, 11) is -3.86. The second-order valence-corrected chi connectivity index (χ2v) is 11.0. The van der Waals surface area contributed by atoms with Crippen LogP contribution in [0, 0.1) is 16.0 Å². The summed E-state index contributed by atoms with van der Waals surface area (Å²) in [5.74, 6) is 0.896. The van der Waals surface area contributed by atoms with Crippen LogP contribution in [0.3, 0.4) is 0 Å². The standard InChI is InChI=1S/C22H27N3O5S2/c1-17(2)21(31-16-18-7-4-3-5-8-18)22(26)23-11-13-24(14-12-23)32(29,30)20-10-6-9-19(15-20)25(27)28/h3-10,15,17,21H,11-14,16H2,1-2H3. The van der Waals surface area contributed by atoms with Crippen LogP contribution in [0.4, 0.5) is 5.69 Å². The van der Waals surface area contributed by atoms with Crippen molar-refractivity contribution < 1.29 is 18.1 Å². The van der Waals surface area contributed by atoms with Gasteiger partial charge in [0.25, 0.3) is 5.69 Å². The molecule has 0 N–H and O–H groups in total. The number of hydrogen-bond acceptors (Lipinski definition) is 6. The van der Waals surface area contributed by atoms with Gasteiger partial charge in [-0.25, -0.2) is 8.42 Å². The SMILES string of the molecule is CC(C)C(SCc1ccccc1)C(=O)N1CCN(S(=O)(=O)c2cccc([N+](=O)[O-])c2)CC1. The molecule has 1 aliphatic rings. The van der Waals surface area contributed by atoms with Crippen LogP contribution in [0.15, 0.2) is 59.5 Å². The van der Waals surface area contributed by atoms with Crippen molar-refractivity contribution in [2.75, 3.05) is 26.2 Å². The number of carbonyl (C=O) groups excluding carboxylic acids is 1. The fourth-order valence-corrected chi connectivity index (χ4v) is 6.25. The van der Waals surface area contributed by atoms with Crippen LogP contribution in [0.5, 0.6) is 0 Å². The molecule has 2 aromatic carbocycles. The second kappa shape index (κ2) is 10.5. The Morgan fingerprint density at radius 1 is 1.06 bits per heavy atom. The van der Waals surface area contributed by atoms with Gasteiger partial charge in [-0.15, -0.1) is 11.8 Å². The minimum atomic E-state index is -3.86. The summed E-state index contributed by atoms with van der Waals surface area (Å²) in [6, 6.07) is 15.0. The summed E-state index contributed by atoms with van der Waals surface area (Å²) >= 11 is 1.61. The van der Waals surface area contributed by atoms with Crippen LogP contribution in [0.25, 0.3) is 0 Å². The van der Waals surface area contributed by atoms with E-state index in [4.69, 9.17) is 0 Å². The van der Waals surface area contributed by atoms with Crippen molar-refractivity contribution in [2.45, 2.75) is 29.7 Å². The zero-order valence-corrected chi connectivity index (χ0v) is 19.7. The van der Waals surface area contributed by atoms with E-state index in [1.807, 2.05) is 44.2 Å². The van der Waals surface area contributed by atoms with E-state index in [1.54, 1.807) is 16.7 Å². The van der Waals surface area contributed by atoms with E-state index < -0.39 is 14.9 Å². The molecule has 32 heavy (non-hydrogen) atoms. The summed E-state index contributed by atoms with van der Waals surface area (Å²) in [5, 5.41) is 10.8. The Labute approximate surface area is 192 Å². The summed E-state index contributed by atoms with van der Waals surface area (Å²) in [5.41, 5.74) is 0.888. The number of carbonyl (C=O) groups is 1. The Balaban J connectivity index is 1.63. The van der Waals surface area contributed by atoms with Gasteiger partial charge in [-0.3, -0.25) is 14.9 Å². The molecule has 1 saturated heterocycles. The van der Waals surface area contributed by atoms with Gasteiger partial charge in [0.15, 0.2) is 0 Å². The van der Waals surface area contributed by atoms with E-state index in [0.717, 1.165) is 17.4 Å². The van der Waals surface area contributed by atoms with E-state index in [2.05, 4.69) is 0 Å². The summed E-state index contributed by atoms with van der Waals surface area (Å²) in [4.78, 5) is 25.2. The number of rotatable bonds is 8. The van der Waals surface area contributed by atoms with Gasteiger partial charge >= 0.3 is 0 Å². The van der Waals surface area contributed by atoms with Crippen LogP contribution in [0.1, 0.15) is 19.4 Å². The lowest BCUT2D eigenvalue weighted by Crippen LogP contribution is -2.53. The molecular formula is C22H27N3O5S2. The fourth-order valence-electron chi connectivity index (χ4n) is 3.54. The van der Waals surface area contributed by atoms with Crippen molar-refractivity contribution in [2.24, 2.45) is 5.92 Å². The van der Waals surface area contributed by atoms with Crippen molar-refractivity contribution in [3.05, 3.63) is 70.3 Å². The Bertz CT molecular complexity index is 1050. The topological polar surface area (TPSA) is 101 Å². The molecule has 0 aliphatic carbocycles. The molecule has 0 spiro atoms. The first-order chi connectivity index (χ1) is 15.2. The van der Waals surface area contributed by atoms with E-state index in [1.165, 1.54) is 22.5 Å². The van der Waals surface area contributed by atoms with Crippen LogP contribution in [-0.2, 0) is 20.6 Å². The molecule has 10 heteroatoms. The van der Waals surface area contributed by atoms with Crippen LogP contribution in [0.2, 0.25) is 0 Å². The molecule has 2 aromatic rings. The number of benzene rings is 2. The molecule has 3 rings (SSSR count). The Morgan fingerprint density at radius 3 is 2.31 bits per heavy atom. The Morgan fingerprint density at radius 2 is 1.72 bits per heavy atom. The maximum absolute atomic E-state index is 13.2. The maximum Gasteiger partial charge on any atom is 0.270 e. The number of thioether (sulfide) groups is 1. The molecule has 1 heterocycles. The Hall–Kier alpha value is -2.43. The van der Waals surface area contributed by atoms with E-state index in [0.29, 0.717) is 13.1 Å². The van der Waals surface area contributed by atoms with Gasteiger partial charge in [-0.1, -0.05) is 50.2 Å². The predicted octanol–water partition coefficient (Wildman–Crippen LogP) is 3.39. The predicted molar refractivity (Wildman–Crippen MR) is 125 cm³/mol. The van der Waals surface area contributed by atoms with E-state index in [9.17, 15) is 23.3 Å². The van der Waals surface area contributed by atoms with Gasteiger partial charge in [-0.2, -0.15) is 4.31 Å². The van der Waals surface area contributed by atoms with Gasteiger partial charge in [-0.05, 0) is 17.5 Å². The number of nitro benzene ring substituents is 1. The molecular weight excluding hydrogens is 450 g/mol. The van der Waals surface area contributed by atoms with Gasteiger partial charge < -0.3 is 4.90 Å². The number of non-ortho nitro benzene ring substituents is 1. The normalized spacial score (nSPS) is 16.2. The molecule has 1 atom stereocenters. The third kappa shape index (κ3) is 5.67. The summed E-state index contributed by atoms with van der Waals surface area (Å²) in [6.45, 7) is 4.94. The first-order valence-electron chi connectivity index (χ1n) is 10.4. The number of nitro groups is 1. The maximum atomic E-state index is 13.2. The highest BCUT2D eigenvalue weighted by molar-refractivity contribution is 7.99. The molecule has 0 radical (unpaired) electrons. The molecule has 0 bridgehead atoms. The van der Waals surface area contributed by atoms with E-state index >= 15 is 0 Å². The zero-order valence-electron chi connectivity index (χ0n) is 18.1. The molecule has 0 saturated carbocycles. The first kappa shape index (κ1) is 24.2. The monoisotopic (exact) mass is 477 g/mol. The largest absolute Gasteiger partial charge is 0.339 e. The molecule has 1 aliphatic heterocycles. The lowest BCUT2D eigenvalue weighted by Gasteiger charge is -2.36. The fraction of sp³-hybridized carbons (Fsp3) is 0.409. The van der Waals surface area contributed by atoms with Gasteiger partial charge in [0, 0.05) is 44.1 Å². The minimum absolute atomic E-state index is 0.0216. The lowest BCUT2D eigenvalue weighted by molar-refractivity contribution is -0.385. The molecule has 172 valence electrons. The van der Waals surface area contributed by atoms with Crippen molar-refractivity contribution in [1.82, 2.24) is 9.21 Å². The van der Waals surface area contributed by atoms with Crippen molar-refractivity contribution in [1.29, 1.82) is 0 Å². The van der Waals surface area contributed by atoms with Crippen LogP contribution < -0.4 is 0 Å².